The predicted molar refractivity (Wildman–Crippen MR) is 98.0 cm³/mol. The molecule has 1 N–H and O–H groups in total. The zero-order valence-electron chi connectivity index (χ0n) is 15.6. The quantitative estimate of drug-likeness (QED) is 0.574. The summed E-state index contributed by atoms with van der Waals surface area (Å²) in [6.45, 7) is 7.60. The number of carbonyl (C=O) groups excluding carboxylic acids is 3. The largest absolute Gasteiger partial charge is 0.461 e. The van der Waals surface area contributed by atoms with Crippen molar-refractivity contribution in [2.75, 3.05) is 5.75 Å². The lowest BCUT2D eigenvalue weighted by Gasteiger charge is -2.32. The van der Waals surface area contributed by atoms with E-state index in [-0.39, 0.29) is 23.9 Å². The molecule has 2 fully saturated rings. The molecule has 1 heterocycles. The highest BCUT2D eigenvalue weighted by molar-refractivity contribution is 8.00. The van der Waals surface area contributed by atoms with Crippen LogP contribution >= 0.6 is 11.8 Å². The van der Waals surface area contributed by atoms with Crippen molar-refractivity contribution in [1.82, 2.24) is 10.2 Å². The summed E-state index contributed by atoms with van der Waals surface area (Å²) in [6, 6.07) is -1.24. The van der Waals surface area contributed by atoms with Gasteiger partial charge in [-0.05, 0) is 45.4 Å². The fourth-order valence-electron chi connectivity index (χ4n) is 3.38. The lowest BCUT2D eigenvalue weighted by atomic mass is 9.97. The molecule has 0 aromatic carbocycles. The van der Waals surface area contributed by atoms with Crippen LogP contribution in [0.4, 0.5) is 0 Å². The molecule has 0 spiro atoms. The van der Waals surface area contributed by atoms with Crippen molar-refractivity contribution in [1.29, 1.82) is 0 Å². The second-order valence-electron chi connectivity index (χ2n) is 7.71. The van der Waals surface area contributed by atoms with Gasteiger partial charge in [0.05, 0.1) is 4.87 Å². The minimum atomic E-state index is -0.684. The van der Waals surface area contributed by atoms with Gasteiger partial charge in [-0.1, -0.05) is 20.3 Å². The van der Waals surface area contributed by atoms with Gasteiger partial charge in [-0.2, -0.15) is 0 Å². The third-order valence-electron chi connectivity index (χ3n) is 5.02. The van der Waals surface area contributed by atoms with Gasteiger partial charge in [-0.15, -0.1) is 11.8 Å². The number of esters is 1. The summed E-state index contributed by atoms with van der Waals surface area (Å²) in [6.07, 6.45) is 5.84. The molecule has 2 amide bonds. The van der Waals surface area contributed by atoms with Crippen LogP contribution in [0.3, 0.4) is 0 Å². The normalized spacial score (nSPS) is 24.8. The van der Waals surface area contributed by atoms with Crippen LogP contribution in [-0.4, -0.2) is 52.0 Å². The van der Waals surface area contributed by atoms with Crippen LogP contribution in [0, 0.1) is 5.92 Å². The molecule has 1 aliphatic carbocycles. The smallest absolute Gasteiger partial charge is 0.329 e. The Morgan fingerprint density at radius 3 is 2.44 bits per heavy atom. The summed E-state index contributed by atoms with van der Waals surface area (Å²) in [4.78, 5) is 37.7. The van der Waals surface area contributed by atoms with E-state index in [1.54, 1.807) is 11.8 Å². The molecule has 2 atom stereocenters. The Balaban J connectivity index is 1.99. The third-order valence-corrected chi connectivity index (χ3v) is 6.42. The van der Waals surface area contributed by atoms with Crippen LogP contribution in [0.5, 0.6) is 0 Å². The molecule has 0 bridgehead atoms. The first kappa shape index (κ1) is 20.1. The standard InChI is InChI=1S/C18H30N2O4S/c1-12(2)15(17(23)24-13-8-6-5-7-9-13)19-16(22)14-10-25-18(3,4)20(14)11-21/h11-15H,5-10H2,1-4H3,(H,19,22)/t14-,15-/m0/s1. The maximum atomic E-state index is 12.7. The van der Waals surface area contributed by atoms with Gasteiger partial charge in [-0.25, -0.2) is 4.79 Å². The van der Waals surface area contributed by atoms with Crippen LogP contribution in [0.25, 0.3) is 0 Å². The molecule has 0 unspecified atom stereocenters. The number of nitrogens with one attached hydrogen (secondary N) is 1. The van der Waals surface area contributed by atoms with Crippen LogP contribution < -0.4 is 5.32 Å². The van der Waals surface area contributed by atoms with Crippen molar-refractivity contribution < 1.29 is 19.1 Å². The first-order valence-corrected chi connectivity index (χ1v) is 10.1. The molecular formula is C18H30N2O4S. The minimum absolute atomic E-state index is 0.0353. The Kier molecular flexibility index (Phi) is 6.77. The number of rotatable bonds is 6. The minimum Gasteiger partial charge on any atom is -0.461 e. The first-order chi connectivity index (χ1) is 11.8. The van der Waals surface area contributed by atoms with E-state index < -0.39 is 17.0 Å². The number of amides is 2. The zero-order valence-corrected chi connectivity index (χ0v) is 16.4. The average Bonchev–Trinajstić information content (AvgIpc) is 2.87. The molecule has 0 aromatic rings. The van der Waals surface area contributed by atoms with E-state index in [0.29, 0.717) is 5.75 Å². The van der Waals surface area contributed by atoms with Crippen LogP contribution in [0.2, 0.25) is 0 Å². The molecule has 1 saturated heterocycles. The van der Waals surface area contributed by atoms with Crippen molar-refractivity contribution in [2.24, 2.45) is 5.92 Å². The van der Waals surface area contributed by atoms with E-state index in [4.69, 9.17) is 4.74 Å². The van der Waals surface area contributed by atoms with E-state index >= 15 is 0 Å². The monoisotopic (exact) mass is 370 g/mol. The topological polar surface area (TPSA) is 75.7 Å². The van der Waals surface area contributed by atoms with E-state index in [9.17, 15) is 14.4 Å². The molecular weight excluding hydrogens is 340 g/mol. The summed E-state index contributed by atoms with van der Waals surface area (Å²) in [5.74, 6) is -0.200. The second kappa shape index (κ2) is 8.43. The molecule has 0 radical (unpaired) electrons. The number of thioether (sulfide) groups is 1. The van der Waals surface area contributed by atoms with Gasteiger partial charge < -0.3 is 15.0 Å². The summed E-state index contributed by atoms with van der Waals surface area (Å²) in [5.41, 5.74) is 0. The van der Waals surface area contributed by atoms with E-state index in [1.807, 2.05) is 27.7 Å². The Labute approximate surface area is 154 Å². The van der Waals surface area contributed by atoms with Gasteiger partial charge in [0.2, 0.25) is 12.3 Å². The number of carbonyl (C=O) groups is 3. The average molecular weight is 371 g/mol. The maximum absolute atomic E-state index is 12.7. The summed E-state index contributed by atoms with van der Waals surface area (Å²) >= 11 is 1.56. The number of ether oxygens (including phenoxy) is 1. The Hall–Kier alpha value is -1.24. The van der Waals surface area contributed by atoms with Crippen LogP contribution in [-0.2, 0) is 19.1 Å². The fraction of sp³-hybridized carbons (Fsp3) is 0.833. The molecule has 1 aliphatic heterocycles. The lowest BCUT2D eigenvalue weighted by molar-refractivity contribution is -0.156. The molecule has 2 aliphatic rings. The van der Waals surface area contributed by atoms with Crippen LogP contribution in [0.1, 0.15) is 59.8 Å². The third kappa shape index (κ3) is 4.90. The lowest BCUT2D eigenvalue weighted by Crippen LogP contribution is -2.54. The molecule has 6 nitrogen and oxygen atoms in total. The van der Waals surface area contributed by atoms with Gasteiger partial charge in [0.25, 0.3) is 0 Å². The van der Waals surface area contributed by atoms with Gasteiger partial charge in [0, 0.05) is 5.75 Å². The molecule has 7 heteroatoms. The van der Waals surface area contributed by atoms with Crippen molar-refractivity contribution in [2.45, 2.75) is 82.9 Å². The zero-order chi connectivity index (χ0) is 18.6. The van der Waals surface area contributed by atoms with Gasteiger partial charge >= 0.3 is 5.97 Å². The van der Waals surface area contributed by atoms with Crippen molar-refractivity contribution >= 4 is 30.0 Å². The van der Waals surface area contributed by atoms with Crippen LogP contribution in [0.15, 0.2) is 0 Å². The second-order valence-corrected chi connectivity index (χ2v) is 9.33. The maximum Gasteiger partial charge on any atom is 0.329 e. The summed E-state index contributed by atoms with van der Waals surface area (Å²) in [5, 5.41) is 2.82. The molecule has 1 saturated carbocycles. The molecule has 25 heavy (non-hydrogen) atoms. The summed E-state index contributed by atoms with van der Waals surface area (Å²) in [7, 11) is 0. The van der Waals surface area contributed by atoms with Gasteiger partial charge in [0.15, 0.2) is 0 Å². The highest BCUT2D eigenvalue weighted by Crippen LogP contribution is 2.37. The highest BCUT2D eigenvalue weighted by Gasteiger charge is 2.44. The van der Waals surface area contributed by atoms with E-state index in [0.717, 1.165) is 32.1 Å². The van der Waals surface area contributed by atoms with Gasteiger partial charge in [-0.3, -0.25) is 9.59 Å². The summed E-state index contributed by atoms with van der Waals surface area (Å²) < 4.78 is 5.63. The van der Waals surface area contributed by atoms with Gasteiger partial charge in [0.1, 0.15) is 18.2 Å². The SMILES string of the molecule is CC(C)[C@H](NC(=O)[C@@H]1CSC(C)(C)N1C=O)C(=O)OC1CCCCC1. The number of hydrogen-bond acceptors (Lipinski definition) is 5. The molecule has 142 valence electrons. The van der Waals surface area contributed by atoms with Crippen molar-refractivity contribution in [3.63, 3.8) is 0 Å². The predicted octanol–water partition coefficient (Wildman–Crippen LogP) is 2.31. The Morgan fingerprint density at radius 2 is 1.88 bits per heavy atom. The highest BCUT2D eigenvalue weighted by atomic mass is 32.2. The Morgan fingerprint density at radius 1 is 1.24 bits per heavy atom. The van der Waals surface area contributed by atoms with Crippen molar-refractivity contribution in [3.8, 4) is 0 Å². The molecule has 2 rings (SSSR count). The fourth-order valence-corrected chi connectivity index (χ4v) is 4.58. The number of hydrogen-bond donors (Lipinski definition) is 1. The first-order valence-electron chi connectivity index (χ1n) is 9.15. The Bertz CT molecular complexity index is 503. The van der Waals surface area contributed by atoms with E-state index in [2.05, 4.69) is 5.32 Å². The van der Waals surface area contributed by atoms with Crippen molar-refractivity contribution in [3.05, 3.63) is 0 Å². The number of nitrogens with zero attached hydrogens (tertiary/aromatic N) is 1. The molecule has 0 aromatic heterocycles. The van der Waals surface area contributed by atoms with E-state index in [1.165, 1.54) is 11.3 Å².